The van der Waals surface area contributed by atoms with Gasteiger partial charge in [-0.2, -0.15) is 5.26 Å². The zero-order valence-corrected chi connectivity index (χ0v) is 13.8. The van der Waals surface area contributed by atoms with Crippen LogP contribution in [0.4, 0.5) is 0 Å². The highest BCUT2D eigenvalue weighted by molar-refractivity contribution is 5.90. The normalized spacial score (nSPS) is 17.7. The first-order valence-corrected chi connectivity index (χ1v) is 8.25. The second-order valence-corrected chi connectivity index (χ2v) is 6.24. The van der Waals surface area contributed by atoms with Gasteiger partial charge in [-0.25, -0.2) is 0 Å². The summed E-state index contributed by atoms with van der Waals surface area (Å²) in [6.07, 6.45) is 0.518. The number of benzene rings is 1. The number of nitrogens with one attached hydrogen (secondary N) is 1. The van der Waals surface area contributed by atoms with Crippen LogP contribution in [-0.2, 0) is 4.79 Å². The molecule has 6 heteroatoms. The Morgan fingerprint density at radius 1 is 1.33 bits per heavy atom. The molecule has 0 aliphatic carbocycles. The Morgan fingerprint density at radius 2 is 2.04 bits per heavy atom. The third-order valence-corrected chi connectivity index (χ3v) is 4.76. The summed E-state index contributed by atoms with van der Waals surface area (Å²) in [4.78, 5) is 19.6. The number of nitrogens with zero attached hydrogens (tertiary/aromatic N) is 3. The predicted molar refractivity (Wildman–Crippen MR) is 91.7 cm³/mol. The van der Waals surface area contributed by atoms with Gasteiger partial charge in [0.05, 0.1) is 6.07 Å². The smallest absolute Gasteiger partial charge is 0.325 e. The van der Waals surface area contributed by atoms with Gasteiger partial charge in [0.2, 0.25) is 0 Å². The predicted octanol–water partition coefficient (Wildman–Crippen LogP) is 2.13. The molecule has 2 heterocycles. The van der Waals surface area contributed by atoms with E-state index in [9.17, 15) is 9.90 Å². The molecule has 1 unspecified atom stereocenters. The fraction of sp³-hybridized carbons (Fsp3) is 0.444. The fourth-order valence-electron chi connectivity index (χ4n) is 3.57. The van der Waals surface area contributed by atoms with Crippen molar-refractivity contribution in [3.05, 3.63) is 35.5 Å². The number of aliphatic carboxylic acids is 1. The van der Waals surface area contributed by atoms with Crippen LogP contribution >= 0.6 is 0 Å². The summed E-state index contributed by atoms with van der Waals surface area (Å²) in [5.41, 5.74) is 2.75. The van der Waals surface area contributed by atoms with Crippen molar-refractivity contribution in [3.8, 4) is 6.07 Å². The summed E-state index contributed by atoms with van der Waals surface area (Å²) in [6, 6.07) is 9.37. The SMILES string of the molecule is Cc1[nH]c2ccccc2c1C(C(=O)O)N1CCN(CCC#N)CC1. The Morgan fingerprint density at radius 3 is 2.71 bits per heavy atom. The molecule has 0 amide bonds. The van der Waals surface area contributed by atoms with Gasteiger partial charge in [0.15, 0.2) is 0 Å². The molecule has 0 radical (unpaired) electrons. The standard InChI is InChI=1S/C18H22N4O2/c1-13-16(14-5-2-3-6-15(14)20-13)17(18(23)24)22-11-9-21(10-12-22)8-4-7-19/h2-3,5-6,17,20H,4,8-12H2,1H3,(H,23,24). The van der Waals surface area contributed by atoms with Crippen LogP contribution in [0.15, 0.2) is 24.3 Å². The van der Waals surface area contributed by atoms with Crippen molar-refractivity contribution in [2.24, 2.45) is 0 Å². The monoisotopic (exact) mass is 326 g/mol. The Bertz CT molecular complexity index is 769. The second-order valence-electron chi connectivity index (χ2n) is 6.24. The van der Waals surface area contributed by atoms with Gasteiger partial charge in [-0.1, -0.05) is 18.2 Å². The number of hydrogen-bond acceptors (Lipinski definition) is 4. The zero-order valence-electron chi connectivity index (χ0n) is 13.8. The second kappa shape index (κ2) is 7.04. The number of aromatic amines is 1. The summed E-state index contributed by atoms with van der Waals surface area (Å²) in [7, 11) is 0. The molecule has 1 saturated heterocycles. The van der Waals surface area contributed by atoms with E-state index in [1.165, 1.54) is 0 Å². The molecule has 126 valence electrons. The number of para-hydroxylation sites is 1. The number of aromatic nitrogens is 1. The Kier molecular flexibility index (Phi) is 4.84. The number of carboxylic acid groups (broad SMARTS) is 1. The number of carbonyl (C=O) groups is 1. The van der Waals surface area contributed by atoms with Gasteiger partial charge >= 0.3 is 5.97 Å². The largest absolute Gasteiger partial charge is 0.480 e. The maximum Gasteiger partial charge on any atom is 0.325 e. The van der Waals surface area contributed by atoms with E-state index in [0.29, 0.717) is 19.5 Å². The van der Waals surface area contributed by atoms with Gasteiger partial charge in [-0.15, -0.1) is 0 Å². The number of rotatable bonds is 5. The highest BCUT2D eigenvalue weighted by Gasteiger charge is 2.33. The van der Waals surface area contributed by atoms with Gasteiger partial charge in [-0.05, 0) is 13.0 Å². The lowest BCUT2D eigenvalue weighted by molar-refractivity contribution is -0.144. The fourth-order valence-corrected chi connectivity index (χ4v) is 3.57. The van der Waals surface area contributed by atoms with Crippen molar-refractivity contribution in [2.45, 2.75) is 19.4 Å². The molecule has 1 fully saturated rings. The molecule has 0 saturated carbocycles. The molecule has 6 nitrogen and oxygen atoms in total. The van der Waals surface area contributed by atoms with Crippen LogP contribution in [0, 0.1) is 18.3 Å². The van der Waals surface area contributed by atoms with E-state index in [1.807, 2.05) is 36.1 Å². The Balaban J connectivity index is 1.85. The lowest BCUT2D eigenvalue weighted by Crippen LogP contribution is -2.49. The van der Waals surface area contributed by atoms with Crippen LogP contribution in [0.3, 0.4) is 0 Å². The quantitative estimate of drug-likeness (QED) is 0.879. The van der Waals surface area contributed by atoms with Crippen LogP contribution < -0.4 is 0 Å². The molecular formula is C18H22N4O2. The number of aryl methyl sites for hydroxylation is 1. The van der Waals surface area contributed by atoms with Crippen molar-refractivity contribution in [1.82, 2.24) is 14.8 Å². The average Bonchev–Trinajstić information content (AvgIpc) is 2.90. The number of nitriles is 1. The summed E-state index contributed by atoms with van der Waals surface area (Å²) in [5, 5.41) is 19.6. The van der Waals surface area contributed by atoms with E-state index >= 15 is 0 Å². The van der Waals surface area contributed by atoms with Crippen LogP contribution in [0.5, 0.6) is 0 Å². The van der Waals surface area contributed by atoms with E-state index in [-0.39, 0.29) is 0 Å². The Labute approximate surface area is 141 Å². The van der Waals surface area contributed by atoms with Crippen molar-refractivity contribution in [3.63, 3.8) is 0 Å². The minimum atomic E-state index is -0.812. The molecule has 2 aromatic rings. The molecule has 3 rings (SSSR count). The molecule has 24 heavy (non-hydrogen) atoms. The lowest BCUT2D eigenvalue weighted by Gasteiger charge is -2.37. The number of carboxylic acids is 1. The van der Waals surface area contributed by atoms with Crippen molar-refractivity contribution < 1.29 is 9.90 Å². The van der Waals surface area contributed by atoms with E-state index in [0.717, 1.165) is 41.8 Å². The first kappa shape index (κ1) is 16.5. The molecular weight excluding hydrogens is 304 g/mol. The molecule has 2 N–H and O–H groups in total. The molecule has 1 aliphatic heterocycles. The van der Waals surface area contributed by atoms with Crippen LogP contribution in [0.2, 0.25) is 0 Å². The zero-order chi connectivity index (χ0) is 17.1. The minimum absolute atomic E-state index is 0.518. The summed E-state index contributed by atoms with van der Waals surface area (Å²) < 4.78 is 0. The van der Waals surface area contributed by atoms with Gasteiger partial charge in [-0.3, -0.25) is 14.6 Å². The van der Waals surface area contributed by atoms with Crippen molar-refractivity contribution >= 4 is 16.9 Å². The summed E-state index contributed by atoms with van der Waals surface area (Å²) >= 11 is 0. The average molecular weight is 326 g/mol. The van der Waals surface area contributed by atoms with Gasteiger partial charge < -0.3 is 10.1 Å². The van der Waals surface area contributed by atoms with Crippen LogP contribution in [0.25, 0.3) is 10.9 Å². The maximum absolute atomic E-state index is 12.0. The van der Waals surface area contributed by atoms with Gasteiger partial charge in [0.25, 0.3) is 0 Å². The number of fused-ring (bicyclic) bond motifs is 1. The first-order chi connectivity index (χ1) is 11.6. The summed E-state index contributed by atoms with van der Waals surface area (Å²) in [5.74, 6) is -0.812. The topological polar surface area (TPSA) is 83.4 Å². The molecule has 0 spiro atoms. The molecule has 1 aromatic heterocycles. The van der Waals surface area contributed by atoms with E-state index in [1.54, 1.807) is 0 Å². The van der Waals surface area contributed by atoms with E-state index in [2.05, 4.69) is 16.0 Å². The number of piperazine rings is 1. The first-order valence-electron chi connectivity index (χ1n) is 8.25. The number of H-pyrrole nitrogens is 1. The Hall–Kier alpha value is -2.36. The van der Waals surface area contributed by atoms with Crippen LogP contribution in [0.1, 0.15) is 23.7 Å². The van der Waals surface area contributed by atoms with Gasteiger partial charge in [0.1, 0.15) is 6.04 Å². The third-order valence-electron chi connectivity index (χ3n) is 4.76. The highest BCUT2D eigenvalue weighted by atomic mass is 16.4. The van der Waals surface area contributed by atoms with Gasteiger partial charge in [0, 0.05) is 61.3 Å². The third kappa shape index (κ3) is 3.14. The van der Waals surface area contributed by atoms with Crippen molar-refractivity contribution in [1.29, 1.82) is 5.26 Å². The highest BCUT2D eigenvalue weighted by Crippen LogP contribution is 2.32. The molecule has 1 aliphatic rings. The van der Waals surface area contributed by atoms with Crippen LogP contribution in [-0.4, -0.2) is 58.6 Å². The van der Waals surface area contributed by atoms with E-state index < -0.39 is 12.0 Å². The molecule has 1 atom stereocenters. The van der Waals surface area contributed by atoms with E-state index in [4.69, 9.17) is 5.26 Å². The van der Waals surface area contributed by atoms with Crippen molar-refractivity contribution in [2.75, 3.05) is 32.7 Å². The maximum atomic E-state index is 12.0. The summed E-state index contributed by atoms with van der Waals surface area (Å²) in [6.45, 7) is 5.69. The minimum Gasteiger partial charge on any atom is -0.480 e. The molecule has 0 bridgehead atoms. The number of hydrogen-bond donors (Lipinski definition) is 2. The molecule has 1 aromatic carbocycles. The lowest BCUT2D eigenvalue weighted by atomic mass is 10.0.